The van der Waals surface area contributed by atoms with Gasteiger partial charge in [-0.25, -0.2) is 4.98 Å². The molecule has 3 aromatic heterocycles. The highest BCUT2D eigenvalue weighted by Gasteiger charge is 2.23. The Morgan fingerprint density at radius 2 is 2.07 bits per heavy atom. The second kappa shape index (κ2) is 9.04. The monoisotopic (exact) mass is 405 g/mol. The quantitative estimate of drug-likeness (QED) is 0.622. The summed E-state index contributed by atoms with van der Waals surface area (Å²) < 4.78 is 1.77. The number of likely N-dealkylation sites (tertiary alicyclic amines) is 1. The third-order valence-corrected chi connectivity index (χ3v) is 5.89. The topological polar surface area (TPSA) is 63.9 Å². The number of ketones is 1. The van der Waals surface area contributed by atoms with Gasteiger partial charge in [0.25, 0.3) is 0 Å². The summed E-state index contributed by atoms with van der Waals surface area (Å²) in [7, 11) is 1.90. The van der Waals surface area contributed by atoms with Gasteiger partial charge in [0.2, 0.25) is 0 Å². The van der Waals surface area contributed by atoms with E-state index in [4.69, 9.17) is 4.98 Å². The molecule has 0 N–H and O–H groups in total. The van der Waals surface area contributed by atoms with Crippen LogP contribution in [0.25, 0.3) is 22.2 Å². The molecular weight excluding hydrogens is 374 g/mol. The van der Waals surface area contributed by atoms with Crippen LogP contribution in [0.3, 0.4) is 0 Å². The van der Waals surface area contributed by atoms with Gasteiger partial charge in [0.1, 0.15) is 5.78 Å². The highest BCUT2D eigenvalue weighted by molar-refractivity contribution is 5.85. The van der Waals surface area contributed by atoms with Crippen LogP contribution in [0.4, 0.5) is 0 Å². The lowest BCUT2D eigenvalue weighted by atomic mass is 9.93. The number of aryl methyl sites for hydroxylation is 1. The normalized spacial score (nSPS) is 18.1. The molecule has 0 saturated carbocycles. The average molecular weight is 406 g/mol. The van der Waals surface area contributed by atoms with Crippen LogP contribution in [0.15, 0.2) is 36.8 Å². The van der Waals surface area contributed by atoms with Gasteiger partial charge in [0.15, 0.2) is 0 Å². The van der Waals surface area contributed by atoms with E-state index in [0.29, 0.717) is 18.1 Å². The summed E-state index contributed by atoms with van der Waals surface area (Å²) in [6.07, 6.45) is 9.04. The van der Waals surface area contributed by atoms with Gasteiger partial charge in [-0.3, -0.25) is 14.5 Å². The summed E-state index contributed by atoms with van der Waals surface area (Å²) >= 11 is 0. The van der Waals surface area contributed by atoms with Crippen molar-refractivity contribution in [3.05, 3.63) is 42.5 Å². The van der Waals surface area contributed by atoms with Crippen LogP contribution in [0.2, 0.25) is 0 Å². The van der Waals surface area contributed by atoms with Crippen LogP contribution in [-0.4, -0.2) is 50.1 Å². The van der Waals surface area contributed by atoms with Gasteiger partial charge in [-0.2, -0.15) is 5.10 Å². The van der Waals surface area contributed by atoms with E-state index < -0.39 is 0 Å². The molecule has 0 bridgehead atoms. The molecule has 1 saturated heterocycles. The zero-order chi connectivity index (χ0) is 21.1. The van der Waals surface area contributed by atoms with Crippen molar-refractivity contribution in [3.63, 3.8) is 0 Å². The molecule has 3 aromatic rings. The maximum Gasteiger partial charge on any atom is 0.141 e. The molecule has 0 spiro atoms. The minimum atomic E-state index is 0.148. The largest absolute Gasteiger partial charge is 0.303 e. The molecule has 0 aromatic carbocycles. The molecule has 1 unspecified atom stereocenters. The number of fused-ring (bicyclic) bond motifs is 1. The first-order chi connectivity index (χ1) is 14.5. The number of nitrogens with zero attached hydrogens (tertiary/aromatic N) is 5. The Bertz CT molecular complexity index is 1030. The molecule has 6 nitrogen and oxygen atoms in total. The van der Waals surface area contributed by atoms with E-state index in [9.17, 15) is 4.79 Å². The van der Waals surface area contributed by atoms with E-state index in [-0.39, 0.29) is 5.92 Å². The average Bonchev–Trinajstić information content (AvgIpc) is 3.01. The molecule has 1 aliphatic rings. The summed E-state index contributed by atoms with van der Waals surface area (Å²) in [6, 6.07) is 5.98. The standard InChI is InChI=1S/C24H31N5O/c1-17(2)15-29-9-4-5-18(8-10-29)24(30)12-21-11-23-19(13-25-21)6-7-22(27-23)20-14-26-28(3)16-20/h6-7,11,13-14,16-18H,4-5,8-10,12,15H2,1-3H3. The summed E-state index contributed by atoms with van der Waals surface area (Å²) in [4.78, 5) is 24.8. The molecular formula is C24H31N5O. The van der Waals surface area contributed by atoms with Crippen molar-refractivity contribution in [2.45, 2.75) is 39.5 Å². The first-order valence-corrected chi connectivity index (χ1v) is 11.0. The fourth-order valence-electron chi connectivity index (χ4n) is 4.37. The number of rotatable bonds is 6. The number of aromatic nitrogens is 4. The number of Topliss-reactive ketones (excluding diaryl/α,β-unsaturated/α-hetero) is 1. The molecule has 0 radical (unpaired) electrons. The van der Waals surface area contributed by atoms with Crippen LogP contribution < -0.4 is 0 Å². The van der Waals surface area contributed by atoms with Crippen molar-refractivity contribution in [2.24, 2.45) is 18.9 Å². The number of hydrogen-bond donors (Lipinski definition) is 0. The number of carbonyl (C=O) groups is 1. The van der Waals surface area contributed by atoms with Gasteiger partial charge in [-0.1, -0.05) is 13.8 Å². The lowest BCUT2D eigenvalue weighted by Crippen LogP contribution is -2.29. The van der Waals surface area contributed by atoms with E-state index >= 15 is 0 Å². The highest BCUT2D eigenvalue weighted by Crippen LogP contribution is 2.23. The predicted molar refractivity (Wildman–Crippen MR) is 119 cm³/mol. The van der Waals surface area contributed by atoms with Gasteiger partial charge in [-0.15, -0.1) is 0 Å². The molecule has 0 aliphatic carbocycles. The summed E-state index contributed by atoms with van der Waals surface area (Å²) in [5.74, 6) is 1.13. The molecule has 1 fully saturated rings. The van der Waals surface area contributed by atoms with Crippen molar-refractivity contribution in [3.8, 4) is 11.3 Å². The molecule has 1 aliphatic heterocycles. The Balaban J connectivity index is 1.46. The Labute approximate surface area is 178 Å². The van der Waals surface area contributed by atoms with Gasteiger partial charge in [0, 0.05) is 55.0 Å². The van der Waals surface area contributed by atoms with Gasteiger partial charge in [0.05, 0.1) is 17.4 Å². The lowest BCUT2D eigenvalue weighted by Gasteiger charge is -2.22. The smallest absolute Gasteiger partial charge is 0.141 e. The Morgan fingerprint density at radius 1 is 1.20 bits per heavy atom. The number of hydrogen-bond acceptors (Lipinski definition) is 5. The van der Waals surface area contributed by atoms with Crippen LogP contribution in [0.5, 0.6) is 0 Å². The second-order valence-electron chi connectivity index (χ2n) is 8.93. The maximum absolute atomic E-state index is 13.0. The molecule has 0 amide bonds. The van der Waals surface area contributed by atoms with Crippen LogP contribution in [0, 0.1) is 11.8 Å². The van der Waals surface area contributed by atoms with Gasteiger partial charge < -0.3 is 4.90 Å². The minimum Gasteiger partial charge on any atom is -0.303 e. The van der Waals surface area contributed by atoms with E-state index in [0.717, 1.165) is 66.8 Å². The zero-order valence-electron chi connectivity index (χ0n) is 18.2. The summed E-state index contributed by atoms with van der Waals surface area (Å²) in [5.41, 5.74) is 3.55. The fourth-order valence-corrected chi connectivity index (χ4v) is 4.37. The molecule has 4 rings (SSSR count). The first kappa shape index (κ1) is 20.7. The predicted octanol–water partition coefficient (Wildman–Crippen LogP) is 3.90. The SMILES string of the molecule is CC(C)CN1CCCC(C(=O)Cc2cc3nc(-c4cnn(C)c4)ccc3cn2)CC1. The Hall–Kier alpha value is -2.60. The number of carbonyl (C=O) groups excluding carboxylic acids is 1. The second-order valence-corrected chi connectivity index (χ2v) is 8.93. The van der Waals surface area contributed by atoms with Crippen molar-refractivity contribution < 1.29 is 4.79 Å². The first-order valence-electron chi connectivity index (χ1n) is 11.0. The van der Waals surface area contributed by atoms with Crippen molar-refractivity contribution in [2.75, 3.05) is 19.6 Å². The fraction of sp³-hybridized carbons (Fsp3) is 0.500. The molecule has 4 heterocycles. The maximum atomic E-state index is 13.0. The molecule has 158 valence electrons. The Kier molecular flexibility index (Phi) is 6.23. The third-order valence-electron chi connectivity index (χ3n) is 5.89. The van der Waals surface area contributed by atoms with E-state index in [1.54, 1.807) is 4.68 Å². The molecule has 6 heteroatoms. The van der Waals surface area contributed by atoms with Crippen molar-refractivity contribution in [1.82, 2.24) is 24.6 Å². The van der Waals surface area contributed by atoms with Crippen molar-refractivity contribution >= 4 is 16.7 Å². The number of pyridine rings is 2. The van der Waals surface area contributed by atoms with Crippen molar-refractivity contribution in [1.29, 1.82) is 0 Å². The zero-order valence-corrected chi connectivity index (χ0v) is 18.2. The van der Waals surface area contributed by atoms with E-state index in [2.05, 4.69) is 28.8 Å². The minimum absolute atomic E-state index is 0.148. The summed E-state index contributed by atoms with van der Waals surface area (Å²) in [5, 5.41) is 5.21. The van der Waals surface area contributed by atoms with Crippen LogP contribution >= 0.6 is 0 Å². The summed E-state index contributed by atoms with van der Waals surface area (Å²) in [6.45, 7) is 7.77. The highest BCUT2D eigenvalue weighted by atomic mass is 16.1. The van der Waals surface area contributed by atoms with Crippen LogP contribution in [0.1, 0.15) is 38.8 Å². The molecule has 30 heavy (non-hydrogen) atoms. The van der Waals surface area contributed by atoms with Crippen LogP contribution in [-0.2, 0) is 18.3 Å². The van der Waals surface area contributed by atoms with E-state index in [1.807, 2.05) is 43.8 Å². The third kappa shape index (κ3) is 4.93. The van der Waals surface area contributed by atoms with Gasteiger partial charge >= 0.3 is 0 Å². The van der Waals surface area contributed by atoms with Gasteiger partial charge in [-0.05, 0) is 56.5 Å². The lowest BCUT2D eigenvalue weighted by molar-refractivity contribution is -0.122. The molecule has 1 atom stereocenters. The van der Waals surface area contributed by atoms with E-state index in [1.165, 1.54) is 0 Å². The Morgan fingerprint density at radius 3 is 2.83 bits per heavy atom.